The molecule has 1 saturated carbocycles. The Morgan fingerprint density at radius 3 is 2.62 bits per heavy atom. The first-order valence-corrected chi connectivity index (χ1v) is 10.5. The Kier molecular flexibility index (Phi) is 4.43. The molecular weight excluding hydrogens is 386 g/mol. The van der Waals surface area contributed by atoms with E-state index in [1.54, 1.807) is 12.3 Å². The van der Waals surface area contributed by atoms with Gasteiger partial charge in [-0.2, -0.15) is 0 Å². The molecule has 7 nitrogen and oxygen atoms in total. The average Bonchev–Trinajstić information content (AvgIpc) is 3.48. The van der Waals surface area contributed by atoms with Gasteiger partial charge in [0.25, 0.3) is 5.91 Å². The standard InChI is InChI=1S/C21H21N5O2S/c1-2-19(27)25-11-13-9-15(10-14(13)12-25)26-17-6-4-3-5-16(17)23-21(26)24-20(28)18-7-8-22-29-18/h2-8,13-15H,1,9-12H2,(H,23,24,28). The van der Waals surface area contributed by atoms with Gasteiger partial charge in [-0.25, -0.2) is 9.36 Å². The zero-order valence-electron chi connectivity index (χ0n) is 15.8. The van der Waals surface area contributed by atoms with Crippen LogP contribution in [0.1, 0.15) is 28.6 Å². The maximum absolute atomic E-state index is 12.6. The van der Waals surface area contributed by atoms with Gasteiger partial charge in [0.1, 0.15) is 4.88 Å². The molecule has 0 spiro atoms. The average molecular weight is 407 g/mol. The molecular formula is C21H21N5O2S. The van der Waals surface area contributed by atoms with E-state index in [-0.39, 0.29) is 17.9 Å². The topological polar surface area (TPSA) is 80.1 Å². The van der Waals surface area contributed by atoms with Gasteiger partial charge in [-0.3, -0.25) is 14.9 Å². The van der Waals surface area contributed by atoms with Crippen molar-refractivity contribution in [1.29, 1.82) is 0 Å². The number of para-hydroxylation sites is 2. The van der Waals surface area contributed by atoms with Crippen molar-refractivity contribution in [3.05, 3.63) is 54.1 Å². The summed E-state index contributed by atoms with van der Waals surface area (Å²) in [5.74, 6) is 1.34. The van der Waals surface area contributed by atoms with Crippen molar-refractivity contribution in [3.8, 4) is 0 Å². The third-order valence-electron chi connectivity index (χ3n) is 6.06. The van der Waals surface area contributed by atoms with E-state index >= 15 is 0 Å². The zero-order valence-corrected chi connectivity index (χ0v) is 16.6. The second kappa shape index (κ2) is 7.11. The molecule has 1 saturated heterocycles. The van der Waals surface area contributed by atoms with Crippen LogP contribution in [0.3, 0.4) is 0 Å². The molecule has 0 bridgehead atoms. The number of carbonyl (C=O) groups excluding carboxylic acids is 2. The number of amides is 2. The van der Waals surface area contributed by atoms with Crippen LogP contribution in [-0.4, -0.2) is 43.7 Å². The Morgan fingerprint density at radius 2 is 1.93 bits per heavy atom. The Labute approximate surface area is 172 Å². The number of benzene rings is 1. The molecule has 2 atom stereocenters. The van der Waals surface area contributed by atoms with E-state index in [1.807, 2.05) is 29.2 Å². The van der Waals surface area contributed by atoms with Crippen LogP contribution < -0.4 is 5.32 Å². The quantitative estimate of drug-likeness (QED) is 0.673. The van der Waals surface area contributed by atoms with Crippen LogP contribution in [0.2, 0.25) is 0 Å². The molecule has 148 valence electrons. The van der Waals surface area contributed by atoms with Crippen molar-refractivity contribution in [2.75, 3.05) is 18.4 Å². The lowest BCUT2D eigenvalue weighted by atomic mass is 10.0. The Bertz CT molecular complexity index is 1080. The van der Waals surface area contributed by atoms with Crippen LogP contribution in [0.25, 0.3) is 11.0 Å². The van der Waals surface area contributed by atoms with Gasteiger partial charge in [0.05, 0.1) is 11.0 Å². The van der Waals surface area contributed by atoms with E-state index in [1.165, 1.54) is 17.6 Å². The zero-order chi connectivity index (χ0) is 20.0. The first-order chi connectivity index (χ1) is 14.1. The van der Waals surface area contributed by atoms with Gasteiger partial charge in [0.2, 0.25) is 11.9 Å². The largest absolute Gasteiger partial charge is 0.339 e. The SMILES string of the molecule is C=CC(=O)N1CC2CC(n3c(NC(=O)c4ccns4)nc4ccccc43)CC2C1. The molecule has 5 rings (SSSR count). The number of fused-ring (bicyclic) bond motifs is 2. The fourth-order valence-corrected chi connectivity index (χ4v) is 5.28. The highest BCUT2D eigenvalue weighted by atomic mass is 32.1. The summed E-state index contributed by atoms with van der Waals surface area (Å²) in [6, 6.07) is 9.92. The third-order valence-corrected chi connectivity index (χ3v) is 6.81. The number of aromatic nitrogens is 3. The minimum absolute atomic E-state index is 0.0153. The fourth-order valence-electron chi connectivity index (χ4n) is 4.79. The maximum atomic E-state index is 12.6. The number of hydrogen-bond donors (Lipinski definition) is 1. The number of rotatable bonds is 4. The van der Waals surface area contributed by atoms with Crippen molar-refractivity contribution in [3.63, 3.8) is 0 Å². The van der Waals surface area contributed by atoms with Crippen molar-refractivity contribution < 1.29 is 9.59 Å². The van der Waals surface area contributed by atoms with E-state index in [9.17, 15) is 9.59 Å². The Hall–Kier alpha value is -3.00. The first-order valence-electron chi connectivity index (χ1n) is 9.74. The Morgan fingerprint density at radius 1 is 1.17 bits per heavy atom. The number of likely N-dealkylation sites (tertiary alicyclic amines) is 1. The molecule has 2 amide bonds. The maximum Gasteiger partial charge on any atom is 0.269 e. The van der Waals surface area contributed by atoms with Crippen LogP contribution in [0.15, 0.2) is 49.2 Å². The van der Waals surface area contributed by atoms with Crippen molar-refractivity contribution in [2.45, 2.75) is 18.9 Å². The lowest BCUT2D eigenvalue weighted by Gasteiger charge is -2.21. The van der Waals surface area contributed by atoms with Gasteiger partial charge >= 0.3 is 0 Å². The molecule has 2 aromatic heterocycles. The molecule has 0 radical (unpaired) electrons. The number of imidazole rings is 1. The molecule has 2 aliphatic rings. The molecule has 1 aliphatic carbocycles. The van der Waals surface area contributed by atoms with Gasteiger partial charge in [0.15, 0.2) is 0 Å². The van der Waals surface area contributed by atoms with Gasteiger partial charge in [-0.15, -0.1) is 0 Å². The molecule has 8 heteroatoms. The molecule has 1 N–H and O–H groups in total. The van der Waals surface area contributed by atoms with E-state index < -0.39 is 0 Å². The molecule has 2 fully saturated rings. The molecule has 3 aromatic rings. The normalized spacial score (nSPS) is 23.3. The summed E-state index contributed by atoms with van der Waals surface area (Å²) in [5.41, 5.74) is 1.89. The highest BCUT2D eigenvalue weighted by molar-refractivity contribution is 7.08. The lowest BCUT2D eigenvalue weighted by Crippen LogP contribution is -2.28. The van der Waals surface area contributed by atoms with Crippen molar-refractivity contribution >= 4 is 40.3 Å². The van der Waals surface area contributed by atoms with Crippen LogP contribution in [0.4, 0.5) is 5.95 Å². The first kappa shape index (κ1) is 18.1. The summed E-state index contributed by atoms with van der Waals surface area (Å²) in [6.45, 7) is 5.16. The van der Waals surface area contributed by atoms with Gasteiger partial charge in [-0.05, 0) is 60.5 Å². The number of hydrogen-bond acceptors (Lipinski definition) is 5. The van der Waals surface area contributed by atoms with Gasteiger partial charge in [-0.1, -0.05) is 18.7 Å². The van der Waals surface area contributed by atoms with Gasteiger partial charge < -0.3 is 9.47 Å². The molecule has 3 heterocycles. The minimum Gasteiger partial charge on any atom is -0.339 e. The molecule has 29 heavy (non-hydrogen) atoms. The summed E-state index contributed by atoms with van der Waals surface area (Å²) >= 11 is 1.17. The van der Waals surface area contributed by atoms with Crippen LogP contribution in [0.5, 0.6) is 0 Å². The van der Waals surface area contributed by atoms with Crippen molar-refractivity contribution in [1.82, 2.24) is 18.8 Å². The Balaban J connectivity index is 1.44. The smallest absolute Gasteiger partial charge is 0.269 e. The second-order valence-electron chi connectivity index (χ2n) is 7.72. The van der Waals surface area contributed by atoms with E-state index in [4.69, 9.17) is 4.98 Å². The van der Waals surface area contributed by atoms with Crippen LogP contribution in [0, 0.1) is 11.8 Å². The number of anilines is 1. The second-order valence-corrected chi connectivity index (χ2v) is 8.55. The predicted octanol–water partition coefficient (Wildman–Crippen LogP) is 3.34. The van der Waals surface area contributed by atoms with Crippen LogP contribution >= 0.6 is 11.5 Å². The van der Waals surface area contributed by atoms with Crippen molar-refractivity contribution in [2.24, 2.45) is 11.8 Å². The summed E-state index contributed by atoms with van der Waals surface area (Å²) in [6.07, 6.45) is 4.96. The number of carbonyl (C=O) groups is 2. The van der Waals surface area contributed by atoms with Crippen LogP contribution in [-0.2, 0) is 4.79 Å². The molecule has 2 unspecified atom stereocenters. The lowest BCUT2D eigenvalue weighted by molar-refractivity contribution is -0.125. The fraction of sp³-hybridized carbons (Fsp3) is 0.333. The highest BCUT2D eigenvalue weighted by Crippen LogP contribution is 2.46. The number of nitrogens with one attached hydrogen (secondary N) is 1. The summed E-state index contributed by atoms with van der Waals surface area (Å²) in [5, 5.41) is 2.99. The highest BCUT2D eigenvalue weighted by Gasteiger charge is 2.43. The summed E-state index contributed by atoms with van der Waals surface area (Å²) in [4.78, 5) is 31.7. The summed E-state index contributed by atoms with van der Waals surface area (Å²) < 4.78 is 6.18. The predicted molar refractivity (Wildman–Crippen MR) is 112 cm³/mol. The molecule has 1 aliphatic heterocycles. The van der Waals surface area contributed by atoms with E-state index in [0.717, 1.165) is 37.0 Å². The third kappa shape index (κ3) is 3.13. The minimum atomic E-state index is -0.190. The van der Waals surface area contributed by atoms with Gasteiger partial charge in [0, 0.05) is 25.3 Å². The number of nitrogens with zero attached hydrogens (tertiary/aromatic N) is 4. The van der Waals surface area contributed by atoms with E-state index in [0.29, 0.717) is 22.7 Å². The summed E-state index contributed by atoms with van der Waals surface area (Å²) in [7, 11) is 0. The monoisotopic (exact) mass is 407 g/mol. The molecule has 1 aromatic carbocycles. The van der Waals surface area contributed by atoms with E-state index in [2.05, 4.69) is 20.8 Å².